The molecule has 1 aliphatic rings. The molecule has 1 fully saturated rings. The summed E-state index contributed by atoms with van der Waals surface area (Å²) in [6, 6.07) is 9.34. The number of hydrazine groups is 1. The van der Waals surface area contributed by atoms with Gasteiger partial charge in [-0.25, -0.2) is 4.39 Å². The quantitative estimate of drug-likeness (QED) is 0.635. The van der Waals surface area contributed by atoms with Crippen LogP contribution >= 0.6 is 23.2 Å². The zero-order valence-corrected chi connectivity index (χ0v) is 17.4. The van der Waals surface area contributed by atoms with Crippen LogP contribution in [0.15, 0.2) is 42.5 Å². The van der Waals surface area contributed by atoms with Gasteiger partial charge in [-0.15, -0.1) is 0 Å². The molecule has 0 radical (unpaired) electrons. The molecule has 1 saturated heterocycles. The topological polar surface area (TPSA) is 105 Å². The molecule has 0 aromatic heterocycles. The van der Waals surface area contributed by atoms with Crippen molar-refractivity contribution < 1.29 is 28.3 Å². The van der Waals surface area contributed by atoms with Crippen molar-refractivity contribution in [1.29, 1.82) is 0 Å². The van der Waals surface area contributed by atoms with Gasteiger partial charge in [-0.1, -0.05) is 23.2 Å². The number of anilines is 1. The number of carbonyl (C=O) groups excluding carboxylic acids is 4. The minimum absolute atomic E-state index is 0.111. The largest absolute Gasteiger partial charge is 0.455 e. The van der Waals surface area contributed by atoms with Crippen molar-refractivity contribution in [2.75, 3.05) is 18.5 Å². The fourth-order valence-corrected chi connectivity index (χ4v) is 3.31. The van der Waals surface area contributed by atoms with Crippen LogP contribution in [0, 0.1) is 11.7 Å². The van der Waals surface area contributed by atoms with E-state index in [1.54, 1.807) is 0 Å². The highest BCUT2D eigenvalue weighted by Gasteiger charge is 2.37. The number of benzene rings is 2. The van der Waals surface area contributed by atoms with Crippen LogP contribution in [0.5, 0.6) is 0 Å². The van der Waals surface area contributed by atoms with Gasteiger partial charge in [0.1, 0.15) is 5.82 Å². The first-order chi connectivity index (χ1) is 14.7. The summed E-state index contributed by atoms with van der Waals surface area (Å²) in [5.41, 5.74) is 2.85. The molecule has 2 aromatic carbocycles. The Bertz CT molecular complexity index is 1030. The van der Waals surface area contributed by atoms with Crippen LogP contribution in [0.1, 0.15) is 16.8 Å². The summed E-state index contributed by atoms with van der Waals surface area (Å²) in [7, 11) is 0. The van der Waals surface area contributed by atoms with E-state index in [1.807, 2.05) is 0 Å². The van der Waals surface area contributed by atoms with Crippen molar-refractivity contribution in [3.05, 3.63) is 63.9 Å². The highest BCUT2D eigenvalue weighted by atomic mass is 35.5. The number of nitrogens with one attached hydrogen (secondary N) is 2. The van der Waals surface area contributed by atoms with E-state index >= 15 is 0 Å². The van der Waals surface area contributed by atoms with Crippen LogP contribution in [-0.4, -0.2) is 41.9 Å². The van der Waals surface area contributed by atoms with Gasteiger partial charge in [-0.2, -0.15) is 0 Å². The fraction of sp³-hybridized carbons (Fsp3) is 0.200. The molecular formula is C20H16Cl2FN3O5. The molecule has 1 heterocycles. The second-order valence-electron chi connectivity index (χ2n) is 6.63. The molecule has 8 nitrogen and oxygen atoms in total. The number of amides is 3. The normalized spacial score (nSPS) is 15.5. The van der Waals surface area contributed by atoms with Crippen LogP contribution in [0.2, 0.25) is 10.0 Å². The van der Waals surface area contributed by atoms with Crippen LogP contribution in [-0.2, 0) is 19.1 Å². The summed E-state index contributed by atoms with van der Waals surface area (Å²) < 4.78 is 17.8. The van der Waals surface area contributed by atoms with Crippen LogP contribution < -0.4 is 10.7 Å². The lowest BCUT2D eigenvalue weighted by molar-refractivity contribution is -0.151. The molecular weight excluding hydrogens is 452 g/mol. The highest BCUT2D eigenvalue weighted by Crippen LogP contribution is 2.22. The molecule has 2 aromatic rings. The highest BCUT2D eigenvalue weighted by molar-refractivity contribution is 6.36. The first kappa shape index (κ1) is 22.5. The number of esters is 1. The Morgan fingerprint density at radius 1 is 1.13 bits per heavy atom. The summed E-state index contributed by atoms with van der Waals surface area (Å²) in [5, 5.41) is 3.91. The third kappa shape index (κ3) is 5.93. The van der Waals surface area contributed by atoms with E-state index in [1.165, 1.54) is 42.5 Å². The molecule has 162 valence electrons. The number of halogens is 3. The van der Waals surface area contributed by atoms with Gasteiger partial charge in [-0.3, -0.25) is 29.6 Å². The Hall–Kier alpha value is -3.17. The Labute approximate surface area is 186 Å². The number of hydrogen-bond donors (Lipinski definition) is 2. The number of hydrogen-bond acceptors (Lipinski definition) is 5. The zero-order valence-electron chi connectivity index (χ0n) is 15.9. The summed E-state index contributed by atoms with van der Waals surface area (Å²) in [5.74, 6) is -3.81. The lowest BCUT2D eigenvalue weighted by Gasteiger charge is -2.18. The molecule has 0 saturated carbocycles. The molecule has 0 unspecified atom stereocenters. The summed E-state index contributed by atoms with van der Waals surface area (Å²) >= 11 is 11.8. The Morgan fingerprint density at radius 3 is 2.52 bits per heavy atom. The minimum atomic E-state index is -0.855. The third-order valence-corrected chi connectivity index (χ3v) is 4.89. The Balaban J connectivity index is 1.49. The summed E-state index contributed by atoms with van der Waals surface area (Å²) in [6.45, 7) is -0.693. The maximum atomic E-state index is 12.9. The monoisotopic (exact) mass is 467 g/mol. The lowest BCUT2D eigenvalue weighted by Crippen LogP contribution is -2.43. The minimum Gasteiger partial charge on any atom is -0.455 e. The average molecular weight is 468 g/mol. The van der Waals surface area contributed by atoms with E-state index < -0.39 is 42.0 Å². The Kier molecular flexibility index (Phi) is 7.09. The van der Waals surface area contributed by atoms with Crippen LogP contribution in [0.25, 0.3) is 0 Å². The van der Waals surface area contributed by atoms with Gasteiger partial charge < -0.3 is 10.1 Å². The van der Waals surface area contributed by atoms with Gasteiger partial charge in [0.05, 0.1) is 23.0 Å². The molecule has 0 aliphatic carbocycles. The summed E-state index contributed by atoms with van der Waals surface area (Å²) in [4.78, 5) is 48.6. The molecule has 3 amide bonds. The third-order valence-electron chi connectivity index (χ3n) is 4.34. The molecule has 31 heavy (non-hydrogen) atoms. The molecule has 1 aliphatic heterocycles. The van der Waals surface area contributed by atoms with Gasteiger partial charge in [0.15, 0.2) is 6.61 Å². The maximum absolute atomic E-state index is 12.9. The van der Waals surface area contributed by atoms with Crippen LogP contribution in [0.3, 0.4) is 0 Å². The molecule has 0 bridgehead atoms. The number of rotatable bonds is 6. The smallest absolute Gasteiger partial charge is 0.311 e. The lowest BCUT2D eigenvalue weighted by atomic mass is 10.1. The first-order valence-corrected chi connectivity index (χ1v) is 9.77. The van der Waals surface area contributed by atoms with Crippen molar-refractivity contribution in [1.82, 2.24) is 10.4 Å². The van der Waals surface area contributed by atoms with Gasteiger partial charge in [0, 0.05) is 17.1 Å². The Morgan fingerprint density at radius 2 is 1.84 bits per heavy atom. The SMILES string of the molecule is O=C(COC(=O)[C@@H]1CC(=O)N(NC(=O)c2ccc(Cl)cc2Cl)C1)Nc1ccc(F)cc1. The predicted molar refractivity (Wildman–Crippen MR) is 110 cm³/mol. The molecule has 11 heteroatoms. The van der Waals surface area contributed by atoms with E-state index in [0.29, 0.717) is 10.7 Å². The van der Waals surface area contributed by atoms with Gasteiger partial charge in [0.2, 0.25) is 5.91 Å². The molecule has 3 rings (SSSR count). The van der Waals surface area contributed by atoms with Crippen molar-refractivity contribution in [3.8, 4) is 0 Å². The van der Waals surface area contributed by atoms with E-state index in [9.17, 15) is 23.6 Å². The van der Waals surface area contributed by atoms with Crippen molar-refractivity contribution in [3.63, 3.8) is 0 Å². The van der Waals surface area contributed by atoms with Crippen LogP contribution in [0.4, 0.5) is 10.1 Å². The van der Waals surface area contributed by atoms with E-state index in [4.69, 9.17) is 27.9 Å². The second-order valence-corrected chi connectivity index (χ2v) is 7.48. The van der Waals surface area contributed by atoms with Crippen molar-refractivity contribution in [2.24, 2.45) is 5.92 Å². The average Bonchev–Trinajstić information content (AvgIpc) is 3.08. The standard InChI is InChI=1S/C20H16Cl2FN3O5/c21-12-1-6-15(16(22)8-12)19(29)25-26-9-11(7-18(26)28)20(30)31-10-17(27)24-14-4-2-13(23)3-5-14/h1-6,8,11H,7,9-10H2,(H,24,27)(H,25,29)/t11-/m1/s1. The van der Waals surface area contributed by atoms with Crippen molar-refractivity contribution in [2.45, 2.75) is 6.42 Å². The van der Waals surface area contributed by atoms with Gasteiger partial charge in [0.25, 0.3) is 11.8 Å². The second kappa shape index (κ2) is 9.76. The summed E-state index contributed by atoms with van der Waals surface area (Å²) in [6.07, 6.45) is -0.187. The zero-order chi connectivity index (χ0) is 22.5. The number of carbonyl (C=O) groups is 4. The maximum Gasteiger partial charge on any atom is 0.311 e. The molecule has 2 N–H and O–H groups in total. The number of nitrogens with zero attached hydrogens (tertiary/aromatic N) is 1. The fourth-order valence-electron chi connectivity index (χ4n) is 2.81. The van der Waals surface area contributed by atoms with E-state index in [2.05, 4.69) is 10.7 Å². The predicted octanol–water partition coefficient (Wildman–Crippen LogP) is 2.81. The van der Waals surface area contributed by atoms with Gasteiger partial charge in [-0.05, 0) is 42.5 Å². The molecule has 0 spiro atoms. The van der Waals surface area contributed by atoms with E-state index in [0.717, 1.165) is 5.01 Å². The van der Waals surface area contributed by atoms with Crippen molar-refractivity contribution >= 4 is 52.6 Å². The molecule has 1 atom stereocenters. The van der Waals surface area contributed by atoms with E-state index in [-0.39, 0.29) is 23.6 Å². The number of ether oxygens (including phenoxy) is 1. The first-order valence-electron chi connectivity index (χ1n) is 9.01. The van der Waals surface area contributed by atoms with Gasteiger partial charge >= 0.3 is 5.97 Å².